The summed E-state index contributed by atoms with van der Waals surface area (Å²) >= 11 is 0. The Morgan fingerprint density at radius 3 is 1.97 bits per heavy atom. The number of sulfonamides is 1. The fraction of sp³-hybridized carbons (Fsp3) is 0.278. The predicted octanol–water partition coefficient (Wildman–Crippen LogP) is 3.80. The van der Waals surface area contributed by atoms with Gasteiger partial charge in [-0.1, -0.05) is 18.2 Å². The number of hydrogen-bond acceptors (Lipinski definition) is 6. The molecule has 176 valence electrons. The van der Waals surface area contributed by atoms with Crippen LogP contribution in [0, 0.1) is 0 Å². The molecule has 2 aromatic rings. The SMILES string of the molecule is CCOC(=O)[C@@](Nc1ccc(OC(F)(F)F)cc1)(NS(=O)(=O)c1ccccc1)C(F)(F)F. The van der Waals surface area contributed by atoms with Crippen molar-refractivity contribution in [3.8, 4) is 5.75 Å². The maximum absolute atomic E-state index is 14.1. The van der Waals surface area contributed by atoms with E-state index in [4.69, 9.17) is 0 Å². The number of nitrogens with one attached hydrogen (secondary N) is 2. The minimum Gasteiger partial charge on any atom is -0.463 e. The summed E-state index contributed by atoms with van der Waals surface area (Å²) in [7, 11) is -4.92. The second kappa shape index (κ2) is 9.24. The van der Waals surface area contributed by atoms with Crippen molar-refractivity contribution < 1.29 is 49.0 Å². The van der Waals surface area contributed by atoms with Gasteiger partial charge < -0.3 is 14.8 Å². The van der Waals surface area contributed by atoms with Crippen molar-refractivity contribution in [2.75, 3.05) is 11.9 Å². The summed E-state index contributed by atoms with van der Waals surface area (Å²) < 4.78 is 114. The second-order valence-electron chi connectivity index (χ2n) is 6.08. The fourth-order valence-corrected chi connectivity index (χ4v) is 3.71. The maximum Gasteiger partial charge on any atom is 0.573 e. The van der Waals surface area contributed by atoms with Crippen molar-refractivity contribution in [1.29, 1.82) is 0 Å². The van der Waals surface area contributed by atoms with E-state index in [0.717, 1.165) is 24.3 Å². The Balaban J connectivity index is 2.52. The Labute approximate surface area is 178 Å². The number of rotatable bonds is 8. The van der Waals surface area contributed by atoms with Gasteiger partial charge >= 0.3 is 18.5 Å². The van der Waals surface area contributed by atoms with Crippen molar-refractivity contribution in [1.82, 2.24) is 4.72 Å². The first-order valence-corrected chi connectivity index (χ1v) is 10.2. The zero-order valence-corrected chi connectivity index (χ0v) is 16.9. The van der Waals surface area contributed by atoms with E-state index in [2.05, 4.69) is 9.47 Å². The zero-order valence-electron chi connectivity index (χ0n) is 16.1. The molecule has 0 unspecified atom stereocenters. The highest BCUT2D eigenvalue weighted by atomic mass is 32.2. The Morgan fingerprint density at radius 2 is 1.50 bits per heavy atom. The number of ether oxygens (including phenoxy) is 2. The summed E-state index contributed by atoms with van der Waals surface area (Å²) in [4.78, 5) is 11.8. The van der Waals surface area contributed by atoms with Crippen LogP contribution in [0.5, 0.6) is 5.75 Å². The van der Waals surface area contributed by atoms with Crippen molar-refractivity contribution in [3.05, 3.63) is 54.6 Å². The van der Waals surface area contributed by atoms with Crippen LogP contribution in [0.15, 0.2) is 59.5 Å². The van der Waals surface area contributed by atoms with Gasteiger partial charge in [0.15, 0.2) is 0 Å². The Kier molecular flexibility index (Phi) is 7.29. The molecule has 0 aliphatic rings. The molecule has 2 N–H and O–H groups in total. The third-order valence-electron chi connectivity index (χ3n) is 3.77. The lowest BCUT2D eigenvalue weighted by Gasteiger charge is -2.35. The Morgan fingerprint density at radius 1 is 0.938 bits per heavy atom. The van der Waals surface area contributed by atoms with Crippen LogP contribution in [0.25, 0.3) is 0 Å². The maximum atomic E-state index is 14.1. The predicted molar refractivity (Wildman–Crippen MR) is 98.9 cm³/mol. The molecule has 0 fully saturated rings. The molecule has 0 aromatic heterocycles. The van der Waals surface area contributed by atoms with Crippen LogP contribution in [0.4, 0.5) is 32.0 Å². The van der Waals surface area contributed by atoms with E-state index in [-0.39, 0.29) is 0 Å². The van der Waals surface area contributed by atoms with E-state index in [9.17, 15) is 39.6 Å². The normalized spacial score (nSPS) is 14.3. The van der Waals surface area contributed by atoms with Crippen LogP contribution in [-0.4, -0.2) is 39.2 Å². The number of benzene rings is 2. The van der Waals surface area contributed by atoms with Gasteiger partial charge in [0.1, 0.15) is 5.75 Å². The van der Waals surface area contributed by atoms with Gasteiger partial charge in [-0.25, -0.2) is 13.2 Å². The Hall–Kier alpha value is -3.00. The van der Waals surface area contributed by atoms with E-state index in [0.29, 0.717) is 12.1 Å². The fourth-order valence-electron chi connectivity index (χ4n) is 2.42. The van der Waals surface area contributed by atoms with Gasteiger partial charge in [-0.05, 0) is 43.3 Å². The summed E-state index contributed by atoms with van der Waals surface area (Å²) in [6.07, 6.45) is -10.6. The molecule has 0 aliphatic heterocycles. The number of halogens is 6. The van der Waals surface area contributed by atoms with Crippen LogP contribution >= 0.6 is 0 Å². The molecule has 0 aliphatic carbocycles. The summed E-state index contributed by atoms with van der Waals surface area (Å²) in [6.45, 7) is 0.678. The van der Waals surface area contributed by atoms with E-state index in [1.54, 1.807) is 5.32 Å². The van der Waals surface area contributed by atoms with Gasteiger partial charge in [0.05, 0.1) is 11.5 Å². The molecule has 0 saturated heterocycles. The van der Waals surface area contributed by atoms with Gasteiger partial charge in [0.2, 0.25) is 10.0 Å². The first-order chi connectivity index (χ1) is 14.7. The van der Waals surface area contributed by atoms with Crippen LogP contribution in [0.1, 0.15) is 6.92 Å². The molecule has 2 rings (SSSR count). The minimum atomic E-state index is -5.58. The topological polar surface area (TPSA) is 93.7 Å². The average molecular weight is 486 g/mol. The summed E-state index contributed by atoms with van der Waals surface area (Å²) in [6, 6.07) is 8.73. The number of esters is 1. The largest absolute Gasteiger partial charge is 0.573 e. The van der Waals surface area contributed by atoms with Gasteiger partial charge in [0.25, 0.3) is 5.66 Å². The van der Waals surface area contributed by atoms with E-state index in [1.807, 2.05) is 0 Å². The highest BCUT2D eigenvalue weighted by Crippen LogP contribution is 2.35. The molecule has 0 bridgehead atoms. The molecule has 14 heteroatoms. The van der Waals surface area contributed by atoms with E-state index < -0.39 is 57.1 Å². The van der Waals surface area contributed by atoms with Crippen molar-refractivity contribution >= 4 is 21.7 Å². The molecule has 0 amide bonds. The Bertz CT molecular complexity index is 1030. The molecule has 0 saturated carbocycles. The molecule has 0 heterocycles. The molecule has 1 atom stereocenters. The van der Waals surface area contributed by atoms with E-state index in [1.165, 1.54) is 29.8 Å². The van der Waals surface area contributed by atoms with Gasteiger partial charge in [-0.15, -0.1) is 13.2 Å². The lowest BCUT2D eigenvalue weighted by molar-refractivity contribution is -0.274. The number of alkyl halides is 6. The average Bonchev–Trinajstić information content (AvgIpc) is 2.67. The number of hydrogen-bond donors (Lipinski definition) is 2. The highest BCUT2D eigenvalue weighted by molar-refractivity contribution is 7.89. The van der Waals surface area contributed by atoms with Crippen LogP contribution in [-0.2, 0) is 19.6 Å². The van der Waals surface area contributed by atoms with E-state index >= 15 is 0 Å². The van der Waals surface area contributed by atoms with Crippen LogP contribution in [0.2, 0.25) is 0 Å². The second-order valence-corrected chi connectivity index (χ2v) is 7.77. The third-order valence-corrected chi connectivity index (χ3v) is 5.24. The van der Waals surface area contributed by atoms with Gasteiger partial charge in [0, 0.05) is 5.69 Å². The molecule has 7 nitrogen and oxygen atoms in total. The summed E-state index contributed by atoms with van der Waals surface area (Å²) in [5.74, 6) is -2.77. The number of carbonyl (C=O) groups is 1. The number of carbonyl (C=O) groups excluding carboxylic acids is 1. The molecule has 0 radical (unpaired) electrons. The van der Waals surface area contributed by atoms with Crippen LogP contribution < -0.4 is 14.8 Å². The smallest absolute Gasteiger partial charge is 0.463 e. The molecular weight excluding hydrogens is 470 g/mol. The molecule has 0 spiro atoms. The quantitative estimate of drug-likeness (QED) is 0.335. The monoisotopic (exact) mass is 486 g/mol. The van der Waals surface area contributed by atoms with Crippen molar-refractivity contribution in [2.45, 2.75) is 30.0 Å². The van der Waals surface area contributed by atoms with Crippen molar-refractivity contribution in [2.24, 2.45) is 0 Å². The summed E-state index contributed by atoms with van der Waals surface area (Å²) in [5, 5.41) is 1.71. The van der Waals surface area contributed by atoms with Gasteiger partial charge in [-0.2, -0.15) is 17.9 Å². The highest BCUT2D eigenvalue weighted by Gasteiger charge is 2.64. The number of anilines is 1. The lowest BCUT2D eigenvalue weighted by atomic mass is 10.1. The van der Waals surface area contributed by atoms with Gasteiger partial charge in [-0.3, -0.25) is 0 Å². The zero-order chi connectivity index (χ0) is 24.2. The minimum absolute atomic E-state index is 0.524. The molecular formula is C18H16F6N2O5S. The summed E-state index contributed by atoms with van der Waals surface area (Å²) in [5.41, 5.74) is -4.55. The first kappa shape index (κ1) is 25.3. The van der Waals surface area contributed by atoms with Crippen molar-refractivity contribution in [3.63, 3.8) is 0 Å². The van der Waals surface area contributed by atoms with Crippen LogP contribution in [0.3, 0.4) is 0 Å². The molecule has 2 aromatic carbocycles. The third kappa shape index (κ3) is 6.03. The first-order valence-electron chi connectivity index (χ1n) is 8.67. The molecule has 32 heavy (non-hydrogen) atoms. The standard InChI is InChI=1S/C18H16F6N2O5S/c1-2-30-15(27)16(17(19,20)21,26-32(28,29)14-6-4-3-5-7-14)25-12-8-10-13(11-9-12)31-18(22,23)24/h3-11,25-26H,2H2,1H3/t16-/m1/s1. The lowest BCUT2D eigenvalue weighted by Crippen LogP contribution is -2.69.